The van der Waals surface area contributed by atoms with Gasteiger partial charge < -0.3 is 5.32 Å². The lowest BCUT2D eigenvalue weighted by molar-refractivity contribution is 0.573. The van der Waals surface area contributed by atoms with Gasteiger partial charge in [-0.3, -0.25) is 4.98 Å². The number of allylic oxidation sites excluding steroid dienone is 1. The van der Waals surface area contributed by atoms with Gasteiger partial charge in [0.15, 0.2) is 0 Å². The number of nitrogens with zero attached hydrogens (tertiary/aromatic N) is 1. The van der Waals surface area contributed by atoms with Crippen molar-refractivity contribution in [1.29, 1.82) is 0 Å². The van der Waals surface area contributed by atoms with Gasteiger partial charge in [-0.25, -0.2) is 0 Å². The predicted octanol–water partition coefficient (Wildman–Crippen LogP) is 3.93. The van der Waals surface area contributed by atoms with E-state index >= 15 is 0 Å². The molecule has 0 fully saturated rings. The molecule has 0 aromatic carbocycles. The normalized spacial score (nSPS) is 21.6. The lowest BCUT2D eigenvalue weighted by Crippen LogP contribution is -2.19. The Hall–Kier alpha value is -1.15. The smallest absolute Gasteiger partial charge is 0.0534 e. The minimum absolute atomic E-state index is 0.366. The van der Waals surface area contributed by atoms with Crippen LogP contribution in [0.1, 0.15) is 55.8 Å². The van der Waals surface area contributed by atoms with Crippen LogP contribution in [-0.2, 0) is 0 Å². The van der Waals surface area contributed by atoms with Crippen LogP contribution in [0.2, 0.25) is 0 Å². The van der Waals surface area contributed by atoms with E-state index in [1.165, 1.54) is 44.1 Å². The first-order valence-corrected chi connectivity index (χ1v) is 7.10. The molecular formula is C16H24N2. The van der Waals surface area contributed by atoms with Gasteiger partial charge in [0.1, 0.15) is 0 Å². The number of rotatable bonds is 3. The van der Waals surface area contributed by atoms with E-state index in [0.717, 1.165) is 5.69 Å². The maximum atomic E-state index is 4.29. The maximum absolute atomic E-state index is 4.29. The third kappa shape index (κ3) is 3.42. The molecule has 2 rings (SSSR count). The van der Waals surface area contributed by atoms with Crippen LogP contribution in [-0.4, -0.2) is 12.0 Å². The first-order valence-electron chi connectivity index (χ1n) is 7.10. The Kier molecular flexibility index (Phi) is 4.94. The summed E-state index contributed by atoms with van der Waals surface area (Å²) in [6, 6.07) is 4.69. The fourth-order valence-electron chi connectivity index (χ4n) is 2.79. The minimum Gasteiger partial charge on any atom is -0.310 e. The van der Waals surface area contributed by atoms with Crippen LogP contribution in [0.3, 0.4) is 0 Å². The Labute approximate surface area is 111 Å². The number of aryl methyl sites for hydroxylation is 1. The van der Waals surface area contributed by atoms with E-state index in [9.17, 15) is 0 Å². The van der Waals surface area contributed by atoms with E-state index in [0.29, 0.717) is 6.04 Å². The standard InChI is InChI=1S/C16H24N2/c1-13-12-15(10-11-18-13)16(17-2)14-8-6-4-3-5-7-9-14/h8,10-12,16-17H,3-7,9H2,1-2H3/b14-8+. The lowest BCUT2D eigenvalue weighted by atomic mass is 9.91. The summed E-state index contributed by atoms with van der Waals surface area (Å²) in [7, 11) is 2.06. The highest BCUT2D eigenvalue weighted by Gasteiger charge is 2.15. The van der Waals surface area contributed by atoms with Crippen LogP contribution < -0.4 is 5.32 Å². The molecule has 0 bridgehead atoms. The Bertz CT molecular complexity index is 409. The molecule has 1 N–H and O–H groups in total. The van der Waals surface area contributed by atoms with Crippen molar-refractivity contribution in [3.8, 4) is 0 Å². The Morgan fingerprint density at radius 2 is 2.06 bits per heavy atom. The van der Waals surface area contributed by atoms with Crippen LogP contribution in [0.4, 0.5) is 0 Å². The van der Waals surface area contributed by atoms with Crippen LogP contribution in [0, 0.1) is 6.92 Å². The quantitative estimate of drug-likeness (QED) is 0.815. The fourth-order valence-corrected chi connectivity index (χ4v) is 2.79. The molecule has 1 aromatic heterocycles. The van der Waals surface area contributed by atoms with Crippen molar-refractivity contribution in [1.82, 2.24) is 10.3 Å². The number of aromatic nitrogens is 1. The van der Waals surface area contributed by atoms with Gasteiger partial charge >= 0.3 is 0 Å². The highest BCUT2D eigenvalue weighted by atomic mass is 14.9. The van der Waals surface area contributed by atoms with Crippen molar-refractivity contribution >= 4 is 0 Å². The summed E-state index contributed by atoms with van der Waals surface area (Å²) in [5.41, 5.74) is 4.00. The third-order valence-electron chi connectivity index (χ3n) is 3.74. The molecular weight excluding hydrogens is 220 g/mol. The highest BCUT2D eigenvalue weighted by molar-refractivity contribution is 5.28. The molecule has 1 atom stereocenters. The topological polar surface area (TPSA) is 24.9 Å². The van der Waals surface area contributed by atoms with Crippen molar-refractivity contribution in [3.63, 3.8) is 0 Å². The second-order valence-electron chi connectivity index (χ2n) is 5.18. The van der Waals surface area contributed by atoms with Crippen molar-refractivity contribution in [2.75, 3.05) is 7.05 Å². The molecule has 1 aliphatic rings. The van der Waals surface area contributed by atoms with Crippen LogP contribution in [0.15, 0.2) is 30.0 Å². The van der Waals surface area contributed by atoms with Crippen LogP contribution >= 0.6 is 0 Å². The van der Waals surface area contributed by atoms with E-state index in [1.807, 2.05) is 6.20 Å². The Morgan fingerprint density at radius 3 is 2.83 bits per heavy atom. The van der Waals surface area contributed by atoms with Crippen molar-refractivity contribution in [2.45, 2.75) is 51.5 Å². The molecule has 1 unspecified atom stereocenters. The maximum Gasteiger partial charge on any atom is 0.0534 e. The summed E-state index contributed by atoms with van der Waals surface area (Å²) in [6.45, 7) is 2.06. The number of hydrogen-bond donors (Lipinski definition) is 1. The van der Waals surface area contributed by atoms with E-state index in [1.54, 1.807) is 5.57 Å². The molecule has 0 saturated carbocycles. The van der Waals surface area contributed by atoms with Gasteiger partial charge in [0.05, 0.1) is 6.04 Å². The van der Waals surface area contributed by atoms with Crippen molar-refractivity contribution in [2.24, 2.45) is 0 Å². The van der Waals surface area contributed by atoms with Gasteiger partial charge in [0, 0.05) is 11.9 Å². The molecule has 18 heavy (non-hydrogen) atoms. The SMILES string of the molecule is CNC(/C1=C/CCCCCC1)c1ccnc(C)c1. The highest BCUT2D eigenvalue weighted by Crippen LogP contribution is 2.28. The molecule has 0 spiro atoms. The summed E-state index contributed by atoms with van der Waals surface area (Å²) in [4.78, 5) is 4.29. The number of pyridine rings is 1. The van der Waals surface area contributed by atoms with Crippen LogP contribution in [0.5, 0.6) is 0 Å². The molecule has 0 radical (unpaired) electrons. The average Bonchev–Trinajstić information content (AvgIpc) is 2.32. The lowest BCUT2D eigenvalue weighted by Gasteiger charge is -2.22. The van der Waals surface area contributed by atoms with Crippen molar-refractivity contribution < 1.29 is 0 Å². The van der Waals surface area contributed by atoms with Gasteiger partial charge in [-0.2, -0.15) is 0 Å². The molecule has 2 nitrogen and oxygen atoms in total. The van der Waals surface area contributed by atoms with E-state index < -0.39 is 0 Å². The third-order valence-corrected chi connectivity index (χ3v) is 3.74. The van der Waals surface area contributed by atoms with Crippen molar-refractivity contribution in [3.05, 3.63) is 41.2 Å². The first kappa shape index (κ1) is 13.3. The monoisotopic (exact) mass is 244 g/mol. The van der Waals surface area contributed by atoms with Gasteiger partial charge in [-0.1, -0.05) is 24.5 Å². The second kappa shape index (κ2) is 6.69. The largest absolute Gasteiger partial charge is 0.310 e. The molecule has 98 valence electrons. The molecule has 1 aliphatic carbocycles. The van der Waals surface area contributed by atoms with E-state index in [4.69, 9.17) is 0 Å². The first-order chi connectivity index (χ1) is 8.81. The zero-order valence-electron chi connectivity index (χ0n) is 11.6. The zero-order valence-corrected chi connectivity index (χ0v) is 11.6. The van der Waals surface area contributed by atoms with Gasteiger partial charge in [0.25, 0.3) is 0 Å². The molecule has 1 aromatic rings. The zero-order chi connectivity index (χ0) is 12.8. The van der Waals surface area contributed by atoms with Gasteiger partial charge in [-0.05, 0) is 57.4 Å². The van der Waals surface area contributed by atoms with Gasteiger partial charge in [-0.15, -0.1) is 0 Å². The van der Waals surface area contributed by atoms with E-state index in [-0.39, 0.29) is 0 Å². The number of nitrogens with one attached hydrogen (secondary N) is 1. The van der Waals surface area contributed by atoms with Crippen LogP contribution in [0.25, 0.3) is 0 Å². The molecule has 0 amide bonds. The fraction of sp³-hybridized carbons (Fsp3) is 0.562. The summed E-state index contributed by atoms with van der Waals surface area (Å²) < 4.78 is 0. The minimum atomic E-state index is 0.366. The molecule has 0 aliphatic heterocycles. The molecule has 0 saturated heterocycles. The number of likely N-dealkylation sites (N-methyl/N-ethyl adjacent to an activating group) is 1. The number of hydrogen-bond acceptors (Lipinski definition) is 2. The second-order valence-corrected chi connectivity index (χ2v) is 5.18. The Morgan fingerprint density at radius 1 is 1.22 bits per heavy atom. The summed E-state index contributed by atoms with van der Waals surface area (Å²) in [5.74, 6) is 0. The molecule has 1 heterocycles. The summed E-state index contributed by atoms with van der Waals surface area (Å²) in [5, 5.41) is 3.47. The predicted molar refractivity (Wildman–Crippen MR) is 76.6 cm³/mol. The Balaban J connectivity index is 2.21. The summed E-state index contributed by atoms with van der Waals surface area (Å²) in [6.07, 6.45) is 12.3. The molecule has 2 heteroatoms. The van der Waals surface area contributed by atoms with E-state index in [2.05, 4.69) is 42.5 Å². The van der Waals surface area contributed by atoms with Gasteiger partial charge in [0.2, 0.25) is 0 Å². The summed E-state index contributed by atoms with van der Waals surface area (Å²) >= 11 is 0. The average molecular weight is 244 g/mol.